The molecular weight excluding hydrogens is 232 g/mol. The maximum atomic E-state index is 6.73. The SMILES string of the molecule is Cc1ccccc1C(N)C1(N(C)C)CCCC(C)C1. The molecule has 1 aromatic carbocycles. The minimum absolute atomic E-state index is 0.103. The van der Waals surface area contributed by atoms with Crippen LogP contribution in [0.2, 0.25) is 0 Å². The van der Waals surface area contributed by atoms with Gasteiger partial charge in [-0.2, -0.15) is 0 Å². The van der Waals surface area contributed by atoms with E-state index in [1.54, 1.807) is 0 Å². The van der Waals surface area contributed by atoms with E-state index in [4.69, 9.17) is 5.73 Å². The van der Waals surface area contributed by atoms with Crippen LogP contribution in [0.25, 0.3) is 0 Å². The molecule has 1 aliphatic rings. The zero-order valence-corrected chi connectivity index (χ0v) is 12.8. The molecule has 19 heavy (non-hydrogen) atoms. The number of nitrogens with two attached hydrogens (primary N) is 1. The fourth-order valence-corrected chi connectivity index (χ4v) is 3.76. The highest BCUT2D eigenvalue weighted by atomic mass is 15.2. The molecule has 2 nitrogen and oxygen atoms in total. The Labute approximate surface area is 118 Å². The van der Waals surface area contributed by atoms with Gasteiger partial charge in [-0.1, -0.05) is 44.0 Å². The molecular formula is C17H28N2. The number of hydrogen-bond donors (Lipinski definition) is 1. The lowest BCUT2D eigenvalue weighted by Crippen LogP contribution is -2.54. The molecule has 1 aromatic rings. The van der Waals surface area contributed by atoms with E-state index in [-0.39, 0.29) is 11.6 Å². The molecule has 3 atom stereocenters. The molecule has 2 N–H and O–H groups in total. The second-order valence-electron chi connectivity index (χ2n) is 6.53. The van der Waals surface area contributed by atoms with Crippen molar-refractivity contribution < 1.29 is 0 Å². The first-order chi connectivity index (χ1) is 8.97. The predicted octanol–water partition coefficient (Wildman–Crippen LogP) is 3.51. The fraction of sp³-hybridized carbons (Fsp3) is 0.647. The Morgan fingerprint density at radius 1 is 1.32 bits per heavy atom. The summed E-state index contributed by atoms with van der Waals surface area (Å²) in [7, 11) is 4.38. The Balaban J connectivity index is 2.36. The third-order valence-electron chi connectivity index (χ3n) is 5.00. The van der Waals surface area contributed by atoms with E-state index >= 15 is 0 Å². The van der Waals surface area contributed by atoms with Gasteiger partial charge in [0.2, 0.25) is 0 Å². The number of aryl methyl sites for hydroxylation is 1. The Bertz CT molecular complexity index is 427. The second kappa shape index (κ2) is 5.64. The van der Waals surface area contributed by atoms with Crippen LogP contribution in [0.4, 0.5) is 0 Å². The van der Waals surface area contributed by atoms with Crippen molar-refractivity contribution in [3.8, 4) is 0 Å². The molecule has 0 amide bonds. The smallest absolute Gasteiger partial charge is 0.0484 e. The average Bonchev–Trinajstić information content (AvgIpc) is 2.38. The van der Waals surface area contributed by atoms with Gasteiger partial charge in [-0.3, -0.25) is 0 Å². The Kier molecular flexibility index (Phi) is 4.32. The summed E-state index contributed by atoms with van der Waals surface area (Å²) < 4.78 is 0. The Hall–Kier alpha value is -0.860. The van der Waals surface area contributed by atoms with Crippen molar-refractivity contribution in [2.45, 2.75) is 51.1 Å². The second-order valence-corrected chi connectivity index (χ2v) is 6.53. The summed E-state index contributed by atoms with van der Waals surface area (Å²) in [6, 6.07) is 8.68. The zero-order valence-electron chi connectivity index (χ0n) is 12.8. The van der Waals surface area contributed by atoms with Gasteiger partial charge in [-0.15, -0.1) is 0 Å². The molecule has 3 unspecified atom stereocenters. The number of nitrogens with zero attached hydrogens (tertiary/aromatic N) is 1. The van der Waals surface area contributed by atoms with E-state index in [9.17, 15) is 0 Å². The predicted molar refractivity (Wildman–Crippen MR) is 82.2 cm³/mol. The maximum absolute atomic E-state index is 6.73. The molecule has 0 saturated heterocycles. The molecule has 0 aromatic heterocycles. The summed E-state index contributed by atoms with van der Waals surface area (Å²) >= 11 is 0. The zero-order chi connectivity index (χ0) is 14.0. The van der Waals surface area contributed by atoms with Crippen molar-refractivity contribution in [1.82, 2.24) is 4.90 Å². The van der Waals surface area contributed by atoms with Gasteiger partial charge in [-0.25, -0.2) is 0 Å². The number of hydrogen-bond acceptors (Lipinski definition) is 2. The van der Waals surface area contributed by atoms with Gasteiger partial charge in [-0.05, 0) is 50.9 Å². The van der Waals surface area contributed by atoms with Gasteiger partial charge < -0.3 is 10.6 Å². The molecule has 1 aliphatic carbocycles. The van der Waals surface area contributed by atoms with E-state index in [1.165, 1.54) is 36.8 Å². The lowest BCUT2D eigenvalue weighted by Gasteiger charge is -2.49. The van der Waals surface area contributed by atoms with E-state index in [0.717, 1.165) is 5.92 Å². The van der Waals surface area contributed by atoms with Crippen molar-refractivity contribution in [2.75, 3.05) is 14.1 Å². The molecule has 0 radical (unpaired) electrons. The summed E-state index contributed by atoms with van der Waals surface area (Å²) in [5.41, 5.74) is 9.47. The molecule has 2 rings (SSSR count). The van der Waals surface area contributed by atoms with Gasteiger partial charge >= 0.3 is 0 Å². The summed E-state index contributed by atoms with van der Waals surface area (Å²) in [6.07, 6.45) is 5.05. The van der Waals surface area contributed by atoms with Crippen molar-refractivity contribution >= 4 is 0 Å². The third kappa shape index (κ3) is 2.70. The molecule has 0 spiro atoms. The highest BCUT2D eigenvalue weighted by Gasteiger charge is 2.42. The monoisotopic (exact) mass is 260 g/mol. The third-order valence-corrected chi connectivity index (χ3v) is 5.00. The fourth-order valence-electron chi connectivity index (χ4n) is 3.76. The Morgan fingerprint density at radius 3 is 2.58 bits per heavy atom. The van der Waals surface area contributed by atoms with Crippen LogP contribution in [-0.4, -0.2) is 24.5 Å². The number of benzene rings is 1. The minimum Gasteiger partial charge on any atom is -0.322 e. The summed E-state index contributed by atoms with van der Waals surface area (Å²) in [5.74, 6) is 0.770. The summed E-state index contributed by atoms with van der Waals surface area (Å²) in [5, 5.41) is 0. The van der Waals surface area contributed by atoms with Gasteiger partial charge in [0.05, 0.1) is 0 Å². The minimum atomic E-state index is 0.103. The van der Waals surface area contributed by atoms with E-state index in [2.05, 4.69) is 57.1 Å². The van der Waals surface area contributed by atoms with Crippen LogP contribution in [0.3, 0.4) is 0 Å². The van der Waals surface area contributed by atoms with Crippen LogP contribution in [-0.2, 0) is 0 Å². The van der Waals surface area contributed by atoms with Crippen LogP contribution in [0, 0.1) is 12.8 Å². The quantitative estimate of drug-likeness (QED) is 0.901. The summed E-state index contributed by atoms with van der Waals surface area (Å²) in [4.78, 5) is 2.37. The van der Waals surface area contributed by atoms with E-state index in [1.807, 2.05) is 0 Å². The maximum Gasteiger partial charge on any atom is 0.0484 e. The van der Waals surface area contributed by atoms with Gasteiger partial charge in [0.15, 0.2) is 0 Å². The molecule has 0 aliphatic heterocycles. The van der Waals surface area contributed by atoms with Crippen LogP contribution < -0.4 is 5.73 Å². The van der Waals surface area contributed by atoms with E-state index < -0.39 is 0 Å². The largest absolute Gasteiger partial charge is 0.322 e. The molecule has 106 valence electrons. The van der Waals surface area contributed by atoms with Crippen molar-refractivity contribution in [1.29, 1.82) is 0 Å². The molecule has 0 bridgehead atoms. The van der Waals surface area contributed by atoms with Gasteiger partial charge in [0.1, 0.15) is 0 Å². The molecule has 2 heteroatoms. The van der Waals surface area contributed by atoms with Crippen molar-refractivity contribution in [3.63, 3.8) is 0 Å². The van der Waals surface area contributed by atoms with Crippen LogP contribution in [0.15, 0.2) is 24.3 Å². The standard InChI is InChI=1S/C17H28N2/c1-13-8-7-11-17(12-13,19(3)4)16(18)15-10-6-5-9-14(15)2/h5-6,9-10,13,16H,7-8,11-12,18H2,1-4H3. The van der Waals surface area contributed by atoms with Crippen molar-refractivity contribution in [3.05, 3.63) is 35.4 Å². The van der Waals surface area contributed by atoms with Crippen LogP contribution >= 0.6 is 0 Å². The van der Waals surface area contributed by atoms with Crippen LogP contribution in [0.5, 0.6) is 0 Å². The first-order valence-corrected chi connectivity index (χ1v) is 7.46. The Morgan fingerprint density at radius 2 is 2.00 bits per heavy atom. The normalized spacial score (nSPS) is 29.5. The highest BCUT2D eigenvalue weighted by molar-refractivity contribution is 5.31. The van der Waals surface area contributed by atoms with Gasteiger partial charge in [0, 0.05) is 11.6 Å². The number of rotatable bonds is 3. The van der Waals surface area contributed by atoms with E-state index in [0.29, 0.717) is 0 Å². The molecule has 1 saturated carbocycles. The molecule has 0 heterocycles. The number of likely N-dealkylation sites (N-methyl/N-ethyl adjacent to an activating group) is 1. The first-order valence-electron chi connectivity index (χ1n) is 7.46. The first kappa shape index (κ1) is 14.5. The van der Waals surface area contributed by atoms with Gasteiger partial charge in [0.25, 0.3) is 0 Å². The van der Waals surface area contributed by atoms with Crippen molar-refractivity contribution in [2.24, 2.45) is 11.7 Å². The topological polar surface area (TPSA) is 29.3 Å². The highest BCUT2D eigenvalue weighted by Crippen LogP contribution is 2.43. The lowest BCUT2D eigenvalue weighted by atomic mass is 9.69. The summed E-state index contributed by atoms with van der Waals surface area (Å²) in [6.45, 7) is 4.53. The average molecular weight is 260 g/mol. The van der Waals surface area contributed by atoms with Crippen LogP contribution in [0.1, 0.15) is 49.8 Å². The lowest BCUT2D eigenvalue weighted by molar-refractivity contribution is 0.0497. The molecule has 1 fully saturated rings.